The van der Waals surface area contributed by atoms with E-state index in [0.717, 1.165) is 21.8 Å². The Hall–Kier alpha value is -1.85. The Bertz CT molecular complexity index is 703. The van der Waals surface area contributed by atoms with Crippen molar-refractivity contribution >= 4 is 23.6 Å². The van der Waals surface area contributed by atoms with Gasteiger partial charge in [-0.3, -0.25) is 4.98 Å². The second-order valence-electron chi connectivity index (χ2n) is 3.70. The molecule has 0 aliphatic rings. The van der Waals surface area contributed by atoms with E-state index in [1.807, 2.05) is 29.6 Å². The Labute approximate surface area is 113 Å². The van der Waals surface area contributed by atoms with Crippen LogP contribution in [0.25, 0.3) is 21.8 Å². The van der Waals surface area contributed by atoms with Crippen LogP contribution in [0.1, 0.15) is 0 Å². The van der Waals surface area contributed by atoms with Gasteiger partial charge >= 0.3 is 0 Å². The summed E-state index contributed by atoms with van der Waals surface area (Å²) in [4.78, 5) is 12.7. The fraction of sp³-hybridized carbons (Fsp3) is 0. The van der Waals surface area contributed by atoms with Crippen molar-refractivity contribution in [3.05, 3.63) is 52.9 Å². The lowest BCUT2D eigenvalue weighted by atomic mass is 10.2. The maximum absolute atomic E-state index is 5.18. The monoisotopic (exact) mass is 271 g/mol. The largest absolute Gasteiger partial charge is 0.330 e. The Morgan fingerprint density at radius 3 is 2.89 bits per heavy atom. The molecule has 0 aliphatic heterocycles. The van der Waals surface area contributed by atoms with Gasteiger partial charge in [-0.25, -0.2) is 4.98 Å². The second-order valence-corrected chi connectivity index (χ2v) is 5.04. The standard InChI is InChI=1S/C13H9N3S2/c17-13-15-10(9-3-1-5-14-8-9)7-11(16-13)12-4-2-6-18-12/h1-8H,(H,15,16,17). The lowest BCUT2D eigenvalue weighted by molar-refractivity contribution is 1.14. The summed E-state index contributed by atoms with van der Waals surface area (Å²) in [5.41, 5.74) is 2.80. The molecule has 0 saturated carbocycles. The van der Waals surface area contributed by atoms with Crippen LogP contribution in [0.15, 0.2) is 48.1 Å². The van der Waals surface area contributed by atoms with Crippen molar-refractivity contribution in [3.8, 4) is 21.8 Å². The Morgan fingerprint density at radius 2 is 2.17 bits per heavy atom. The van der Waals surface area contributed by atoms with Crippen LogP contribution in [0, 0.1) is 4.77 Å². The third-order valence-electron chi connectivity index (χ3n) is 2.49. The molecule has 0 atom stereocenters. The summed E-state index contributed by atoms with van der Waals surface area (Å²) in [6.45, 7) is 0. The molecular weight excluding hydrogens is 262 g/mol. The molecule has 88 valence electrons. The van der Waals surface area contributed by atoms with Crippen molar-refractivity contribution < 1.29 is 0 Å². The van der Waals surface area contributed by atoms with E-state index in [-0.39, 0.29) is 0 Å². The van der Waals surface area contributed by atoms with Crippen LogP contribution in [-0.2, 0) is 0 Å². The zero-order valence-electron chi connectivity index (χ0n) is 9.33. The van der Waals surface area contributed by atoms with Gasteiger partial charge in [-0.15, -0.1) is 11.3 Å². The second kappa shape index (κ2) is 4.80. The molecule has 0 amide bonds. The van der Waals surface area contributed by atoms with E-state index in [0.29, 0.717) is 4.77 Å². The molecule has 0 spiro atoms. The van der Waals surface area contributed by atoms with Gasteiger partial charge in [0.15, 0.2) is 4.77 Å². The highest BCUT2D eigenvalue weighted by Gasteiger charge is 2.04. The van der Waals surface area contributed by atoms with Gasteiger partial charge in [0.2, 0.25) is 0 Å². The van der Waals surface area contributed by atoms with Crippen LogP contribution < -0.4 is 0 Å². The van der Waals surface area contributed by atoms with Crippen LogP contribution in [0.4, 0.5) is 0 Å². The Morgan fingerprint density at radius 1 is 1.22 bits per heavy atom. The normalized spacial score (nSPS) is 10.4. The van der Waals surface area contributed by atoms with Gasteiger partial charge in [0, 0.05) is 18.0 Å². The Kier molecular flexibility index (Phi) is 3.00. The zero-order chi connectivity index (χ0) is 12.4. The molecule has 5 heteroatoms. The first-order valence-electron chi connectivity index (χ1n) is 5.38. The number of rotatable bonds is 2. The molecule has 0 saturated heterocycles. The van der Waals surface area contributed by atoms with Gasteiger partial charge in [0.25, 0.3) is 0 Å². The lowest BCUT2D eigenvalue weighted by Crippen LogP contribution is -1.90. The Balaban J connectivity index is 2.15. The van der Waals surface area contributed by atoms with E-state index in [1.165, 1.54) is 0 Å². The molecular formula is C13H9N3S2. The van der Waals surface area contributed by atoms with Crippen LogP contribution in [0.3, 0.4) is 0 Å². The van der Waals surface area contributed by atoms with Gasteiger partial charge in [-0.1, -0.05) is 6.07 Å². The van der Waals surface area contributed by atoms with Gasteiger partial charge in [-0.2, -0.15) is 0 Å². The van der Waals surface area contributed by atoms with E-state index >= 15 is 0 Å². The predicted octanol–water partition coefficient (Wildman–Crippen LogP) is 3.93. The highest BCUT2D eigenvalue weighted by molar-refractivity contribution is 7.71. The molecule has 0 unspecified atom stereocenters. The summed E-state index contributed by atoms with van der Waals surface area (Å²) >= 11 is 6.85. The maximum Gasteiger partial charge on any atom is 0.197 e. The third-order valence-corrected chi connectivity index (χ3v) is 3.59. The number of aromatic amines is 1. The van der Waals surface area contributed by atoms with Crippen molar-refractivity contribution in [1.29, 1.82) is 0 Å². The van der Waals surface area contributed by atoms with E-state index < -0.39 is 0 Å². The van der Waals surface area contributed by atoms with Crippen LogP contribution in [0.5, 0.6) is 0 Å². The molecule has 0 bridgehead atoms. The van der Waals surface area contributed by atoms with Crippen LogP contribution >= 0.6 is 23.6 Å². The van der Waals surface area contributed by atoms with E-state index in [9.17, 15) is 0 Å². The minimum atomic E-state index is 0.486. The lowest BCUT2D eigenvalue weighted by Gasteiger charge is -2.03. The van der Waals surface area contributed by atoms with E-state index in [4.69, 9.17) is 12.2 Å². The predicted molar refractivity (Wildman–Crippen MR) is 76.0 cm³/mol. The van der Waals surface area contributed by atoms with Crippen LogP contribution in [0.2, 0.25) is 0 Å². The minimum absolute atomic E-state index is 0.486. The first-order valence-corrected chi connectivity index (χ1v) is 6.67. The molecule has 18 heavy (non-hydrogen) atoms. The first-order chi connectivity index (χ1) is 8.83. The third kappa shape index (κ3) is 2.23. The van der Waals surface area contributed by atoms with Gasteiger partial charge < -0.3 is 4.98 Å². The molecule has 0 aromatic carbocycles. The summed E-state index contributed by atoms with van der Waals surface area (Å²) in [7, 11) is 0. The number of nitrogens with one attached hydrogen (secondary N) is 1. The summed E-state index contributed by atoms with van der Waals surface area (Å²) in [5.74, 6) is 0. The summed E-state index contributed by atoms with van der Waals surface area (Å²) in [6, 6.07) is 9.93. The molecule has 0 radical (unpaired) electrons. The molecule has 0 fully saturated rings. The highest BCUT2D eigenvalue weighted by Crippen LogP contribution is 2.25. The minimum Gasteiger partial charge on any atom is -0.330 e. The smallest absolute Gasteiger partial charge is 0.197 e. The number of hydrogen-bond donors (Lipinski definition) is 1. The van der Waals surface area contributed by atoms with Gasteiger partial charge in [0.05, 0.1) is 16.3 Å². The molecule has 3 rings (SSSR count). The fourth-order valence-electron chi connectivity index (χ4n) is 1.68. The number of hydrogen-bond acceptors (Lipinski definition) is 4. The fourth-order valence-corrected chi connectivity index (χ4v) is 2.59. The molecule has 3 aromatic heterocycles. The number of pyridine rings is 1. The number of nitrogens with zero attached hydrogens (tertiary/aromatic N) is 2. The van der Waals surface area contributed by atoms with Gasteiger partial charge in [-0.05, 0) is 41.9 Å². The molecule has 3 aromatic rings. The van der Waals surface area contributed by atoms with Crippen LogP contribution in [-0.4, -0.2) is 15.0 Å². The summed E-state index contributed by atoms with van der Waals surface area (Å²) < 4.78 is 0.486. The number of thiophene rings is 1. The molecule has 0 aliphatic carbocycles. The number of H-pyrrole nitrogens is 1. The van der Waals surface area contributed by atoms with E-state index in [1.54, 1.807) is 23.7 Å². The molecule has 1 N–H and O–H groups in total. The van der Waals surface area contributed by atoms with Crippen molar-refractivity contribution in [1.82, 2.24) is 15.0 Å². The van der Waals surface area contributed by atoms with Crippen molar-refractivity contribution in [2.45, 2.75) is 0 Å². The SMILES string of the molecule is S=c1nc(-c2cccnc2)cc(-c2cccs2)[nH]1. The first kappa shape index (κ1) is 11.3. The van der Waals surface area contributed by atoms with Gasteiger partial charge in [0.1, 0.15) is 0 Å². The number of aromatic nitrogens is 3. The van der Waals surface area contributed by atoms with Crippen molar-refractivity contribution in [3.63, 3.8) is 0 Å². The summed E-state index contributed by atoms with van der Waals surface area (Å²) in [5, 5.41) is 2.04. The topological polar surface area (TPSA) is 41.6 Å². The zero-order valence-corrected chi connectivity index (χ0v) is 11.0. The van der Waals surface area contributed by atoms with Crippen molar-refractivity contribution in [2.75, 3.05) is 0 Å². The average Bonchev–Trinajstić information content (AvgIpc) is 2.93. The quantitative estimate of drug-likeness (QED) is 0.718. The van der Waals surface area contributed by atoms with E-state index in [2.05, 4.69) is 21.0 Å². The molecule has 3 heterocycles. The highest BCUT2D eigenvalue weighted by atomic mass is 32.1. The van der Waals surface area contributed by atoms with Crippen molar-refractivity contribution in [2.24, 2.45) is 0 Å². The average molecular weight is 271 g/mol. The maximum atomic E-state index is 5.18. The molecule has 3 nitrogen and oxygen atoms in total. The summed E-state index contributed by atoms with van der Waals surface area (Å²) in [6.07, 6.45) is 3.53.